The SMILES string of the molecule is CC(O)C(N)=O.NC(=O)c1cccc(C(N)=O)c1. The van der Waals surface area contributed by atoms with Crippen LogP contribution in [0, 0.1) is 0 Å². The Morgan fingerprint density at radius 2 is 1.39 bits per heavy atom. The number of nitrogens with two attached hydrogens (primary N) is 3. The fourth-order valence-corrected chi connectivity index (χ4v) is 0.826. The quantitative estimate of drug-likeness (QED) is 0.531. The van der Waals surface area contributed by atoms with Crippen LogP contribution in [0.25, 0.3) is 0 Å². The first-order chi connectivity index (χ1) is 8.25. The normalized spacial score (nSPS) is 10.8. The molecule has 0 aliphatic carbocycles. The van der Waals surface area contributed by atoms with Gasteiger partial charge in [0.15, 0.2) is 0 Å². The van der Waals surface area contributed by atoms with Gasteiger partial charge in [0.1, 0.15) is 6.10 Å². The Labute approximate surface area is 104 Å². The third-order valence-electron chi connectivity index (χ3n) is 1.84. The predicted molar refractivity (Wildman–Crippen MR) is 64.4 cm³/mol. The Morgan fingerprint density at radius 1 is 1.06 bits per heavy atom. The molecule has 1 aromatic carbocycles. The third-order valence-corrected chi connectivity index (χ3v) is 1.84. The van der Waals surface area contributed by atoms with E-state index >= 15 is 0 Å². The summed E-state index contributed by atoms with van der Waals surface area (Å²) in [5.41, 5.74) is 15.1. The van der Waals surface area contributed by atoms with Crippen molar-refractivity contribution in [3.63, 3.8) is 0 Å². The van der Waals surface area contributed by atoms with E-state index in [0.717, 1.165) is 0 Å². The largest absolute Gasteiger partial charge is 0.384 e. The smallest absolute Gasteiger partial charge is 0.248 e. The monoisotopic (exact) mass is 253 g/mol. The van der Waals surface area contributed by atoms with E-state index in [-0.39, 0.29) is 11.1 Å². The van der Waals surface area contributed by atoms with Crippen molar-refractivity contribution in [3.8, 4) is 0 Å². The van der Waals surface area contributed by atoms with Crippen LogP contribution in [0.15, 0.2) is 24.3 Å². The second-order valence-corrected chi connectivity index (χ2v) is 3.39. The number of carbonyl (C=O) groups is 3. The van der Waals surface area contributed by atoms with E-state index in [9.17, 15) is 14.4 Å². The van der Waals surface area contributed by atoms with Gasteiger partial charge in [-0.15, -0.1) is 0 Å². The first-order valence-corrected chi connectivity index (χ1v) is 4.92. The Morgan fingerprint density at radius 3 is 1.61 bits per heavy atom. The average molecular weight is 253 g/mol. The van der Waals surface area contributed by atoms with Crippen LogP contribution in [-0.4, -0.2) is 28.9 Å². The van der Waals surface area contributed by atoms with E-state index in [1.807, 2.05) is 0 Å². The van der Waals surface area contributed by atoms with E-state index in [1.54, 1.807) is 6.07 Å². The van der Waals surface area contributed by atoms with E-state index in [1.165, 1.54) is 25.1 Å². The van der Waals surface area contributed by atoms with Crippen molar-refractivity contribution in [1.82, 2.24) is 0 Å². The van der Waals surface area contributed by atoms with Gasteiger partial charge in [-0.25, -0.2) is 0 Å². The third kappa shape index (κ3) is 5.61. The molecular weight excluding hydrogens is 238 g/mol. The van der Waals surface area contributed by atoms with Crippen molar-refractivity contribution in [1.29, 1.82) is 0 Å². The maximum absolute atomic E-state index is 10.6. The summed E-state index contributed by atoms with van der Waals surface area (Å²) < 4.78 is 0. The zero-order valence-corrected chi connectivity index (χ0v) is 9.79. The molecule has 1 unspecified atom stereocenters. The minimum atomic E-state index is -1.01. The fourth-order valence-electron chi connectivity index (χ4n) is 0.826. The van der Waals surface area contributed by atoms with Crippen LogP contribution in [0.1, 0.15) is 27.6 Å². The molecule has 0 heterocycles. The highest BCUT2D eigenvalue weighted by Gasteiger charge is 2.03. The first kappa shape index (κ1) is 15.6. The Bertz CT molecular complexity index is 428. The predicted octanol–water partition coefficient (Wildman–Crippen LogP) is -1.26. The maximum Gasteiger partial charge on any atom is 0.248 e. The molecule has 0 aliphatic heterocycles. The number of primary amides is 3. The van der Waals surface area contributed by atoms with Crippen molar-refractivity contribution in [2.24, 2.45) is 17.2 Å². The van der Waals surface area contributed by atoms with E-state index < -0.39 is 23.8 Å². The molecule has 98 valence electrons. The van der Waals surface area contributed by atoms with Crippen molar-refractivity contribution in [2.45, 2.75) is 13.0 Å². The minimum absolute atomic E-state index is 0.284. The van der Waals surface area contributed by atoms with Crippen LogP contribution in [0.3, 0.4) is 0 Å². The number of carbonyl (C=O) groups excluding carboxylic acids is 3. The second kappa shape index (κ2) is 7.02. The first-order valence-electron chi connectivity index (χ1n) is 4.92. The summed E-state index contributed by atoms with van der Waals surface area (Å²) >= 11 is 0. The molecule has 1 rings (SSSR count). The van der Waals surface area contributed by atoms with Gasteiger partial charge in [0.25, 0.3) is 0 Å². The molecule has 0 aliphatic rings. The number of benzene rings is 1. The van der Waals surface area contributed by atoms with Crippen LogP contribution in [-0.2, 0) is 4.79 Å². The van der Waals surface area contributed by atoms with Gasteiger partial charge < -0.3 is 22.3 Å². The lowest BCUT2D eigenvalue weighted by Gasteiger charge is -1.97. The van der Waals surface area contributed by atoms with E-state index in [2.05, 4.69) is 5.73 Å². The topological polar surface area (TPSA) is 150 Å². The summed E-state index contributed by atoms with van der Waals surface area (Å²) in [6.45, 7) is 1.32. The minimum Gasteiger partial charge on any atom is -0.384 e. The lowest BCUT2D eigenvalue weighted by molar-refractivity contribution is -0.125. The summed E-state index contributed by atoms with van der Waals surface area (Å²) in [6.07, 6.45) is -1.01. The van der Waals surface area contributed by atoms with Gasteiger partial charge in [-0.1, -0.05) is 6.07 Å². The highest BCUT2D eigenvalue weighted by molar-refractivity contribution is 5.98. The van der Waals surface area contributed by atoms with Crippen molar-refractivity contribution in [3.05, 3.63) is 35.4 Å². The molecule has 0 saturated heterocycles. The Balaban J connectivity index is 0.000000411. The number of aliphatic hydroxyl groups is 1. The van der Waals surface area contributed by atoms with Crippen molar-refractivity contribution in [2.75, 3.05) is 0 Å². The molecule has 0 aromatic heterocycles. The zero-order chi connectivity index (χ0) is 14.3. The number of amides is 3. The highest BCUT2D eigenvalue weighted by Crippen LogP contribution is 2.03. The molecule has 18 heavy (non-hydrogen) atoms. The number of rotatable bonds is 3. The molecule has 1 atom stereocenters. The standard InChI is InChI=1S/C8H8N2O2.C3H7NO2/c9-7(11)5-2-1-3-6(4-5)8(10)12;1-2(5)3(4)6/h1-4H,(H2,9,11)(H2,10,12);2,5H,1H3,(H2,4,6). The van der Waals surface area contributed by atoms with Gasteiger partial charge in [-0.3, -0.25) is 14.4 Å². The molecule has 1 aromatic rings. The van der Waals surface area contributed by atoms with Gasteiger partial charge in [0, 0.05) is 11.1 Å². The highest BCUT2D eigenvalue weighted by atomic mass is 16.3. The number of aliphatic hydroxyl groups excluding tert-OH is 1. The van der Waals surface area contributed by atoms with Gasteiger partial charge in [-0.2, -0.15) is 0 Å². The molecule has 0 bridgehead atoms. The molecule has 0 radical (unpaired) electrons. The molecule has 7 N–H and O–H groups in total. The lowest BCUT2D eigenvalue weighted by atomic mass is 10.1. The zero-order valence-electron chi connectivity index (χ0n) is 9.79. The molecule has 7 nitrogen and oxygen atoms in total. The van der Waals surface area contributed by atoms with Crippen molar-refractivity contribution < 1.29 is 19.5 Å². The van der Waals surface area contributed by atoms with Gasteiger partial charge in [0.2, 0.25) is 17.7 Å². The summed E-state index contributed by atoms with van der Waals surface area (Å²) in [7, 11) is 0. The van der Waals surface area contributed by atoms with Crippen molar-refractivity contribution >= 4 is 17.7 Å². The Kier molecular flexibility index (Phi) is 6.08. The summed E-state index contributed by atoms with van der Waals surface area (Å²) in [5, 5.41) is 8.16. The fraction of sp³-hybridized carbons (Fsp3) is 0.182. The van der Waals surface area contributed by atoms with Crippen LogP contribution in [0.5, 0.6) is 0 Å². The maximum atomic E-state index is 10.6. The molecule has 0 fully saturated rings. The van der Waals surface area contributed by atoms with Crippen LogP contribution in [0.4, 0.5) is 0 Å². The van der Waals surface area contributed by atoms with E-state index in [0.29, 0.717) is 0 Å². The number of hydrogen-bond donors (Lipinski definition) is 4. The second-order valence-electron chi connectivity index (χ2n) is 3.39. The van der Waals surface area contributed by atoms with Gasteiger partial charge in [0.05, 0.1) is 0 Å². The Hall–Kier alpha value is -2.41. The van der Waals surface area contributed by atoms with Gasteiger partial charge in [-0.05, 0) is 25.1 Å². The summed E-state index contributed by atoms with van der Waals surface area (Å²) in [5.74, 6) is -1.83. The van der Waals surface area contributed by atoms with Crippen LogP contribution >= 0.6 is 0 Å². The van der Waals surface area contributed by atoms with Crippen LogP contribution in [0.2, 0.25) is 0 Å². The van der Waals surface area contributed by atoms with E-state index in [4.69, 9.17) is 16.6 Å². The molecule has 0 spiro atoms. The summed E-state index contributed by atoms with van der Waals surface area (Å²) in [4.78, 5) is 31.0. The van der Waals surface area contributed by atoms with Crippen LogP contribution < -0.4 is 17.2 Å². The van der Waals surface area contributed by atoms with Gasteiger partial charge >= 0.3 is 0 Å². The average Bonchev–Trinajstić information content (AvgIpc) is 2.29. The number of hydrogen-bond acceptors (Lipinski definition) is 4. The molecular formula is C11H15N3O4. The molecule has 3 amide bonds. The molecule has 7 heteroatoms. The lowest BCUT2D eigenvalue weighted by Crippen LogP contribution is -2.24. The molecule has 0 saturated carbocycles. The summed E-state index contributed by atoms with van der Waals surface area (Å²) in [6, 6.07) is 5.97.